The molecule has 1 heterocycles. The largest absolute Gasteiger partial charge is 0.334 e. The summed E-state index contributed by atoms with van der Waals surface area (Å²) in [7, 11) is -1.92. The molecule has 0 aromatic heterocycles. The van der Waals surface area contributed by atoms with Crippen LogP contribution in [0.2, 0.25) is 0 Å². The predicted octanol–water partition coefficient (Wildman–Crippen LogP) is 0.597. The van der Waals surface area contributed by atoms with Gasteiger partial charge in [0.05, 0.1) is 43.8 Å². The van der Waals surface area contributed by atoms with Crippen LogP contribution in [-0.4, -0.2) is 52.5 Å². The average molecular weight is 378 g/mol. The molecule has 0 bridgehead atoms. The number of anilines is 1. The van der Waals surface area contributed by atoms with Crippen LogP contribution in [0, 0.1) is 5.82 Å². The highest BCUT2D eigenvalue weighted by Gasteiger charge is 2.24. The lowest BCUT2D eigenvalue weighted by atomic mass is 10.2. The number of carbonyl (C=O) groups is 1. The summed E-state index contributed by atoms with van der Waals surface area (Å²) < 4.78 is 41.0. The van der Waals surface area contributed by atoms with Crippen molar-refractivity contribution in [3.63, 3.8) is 0 Å². The van der Waals surface area contributed by atoms with Gasteiger partial charge in [-0.3, -0.25) is 9.52 Å². The fraction of sp³-hybridized carbons (Fsp3) is 0.278. The Morgan fingerprint density at radius 2 is 1.81 bits per heavy atom. The summed E-state index contributed by atoms with van der Waals surface area (Å²) in [5, 5.41) is 0. The van der Waals surface area contributed by atoms with Gasteiger partial charge in [-0.2, -0.15) is 0 Å². The number of benzene rings is 2. The summed E-state index contributed by atoms with van der Waals surface area (Å²) in [5.74, 6) is -0.858. The normalized spacial score (nSPS) is 15.7. The van der Waals surface area contributed by atoms with Crippen molar-refractivity contribution in [3.8, 4) is 0 Å². The first-order chi connectivity index (χ1) is 12.4. The lowest BCUT2D eigenvalue weighted by Crippen LogP contribution is -3.12. The number of nitrogens with one attached hydrogen (secondary N) is 2. The summed E-state index contributed by atoms with van der Waals surface area (Å²) in [5.41, 5.74) is 0.173. The number of nitrogens with zero attached hydrogens (tertiary/aromatic N) is 1. The molecule has 6 nitrogen and oxygen atoms in total. The van der Waals surface area contributed by atoms with Crippen LogP contribution in [0.3, 0.4) is 0 Å². The maximum Gasteiger partial charge on any atom is 0.262 e. The molecule has 1 aliphatic heterocycles. The molecule has 0 radical (unpaired) electrons. The first-order valence-corrected chi connectivity index (χ1v) is 9.83. The van der Waals surface area contributed by atoms with Crippen LogP contribution in [0.15, 0.2) is 53.4 Å². The van der Waals surface area contributed by atoms with Crippen LogP contribution in [0.25, 0.3) is 0 Å². The fourth-order valence-corrected chi connectivity index (χ4v) is 3.93. The van der Waals surface area contributed by atoms with Crippen LogP contribution >= 0.6 is 0 Å². The van der Waals surface area contributed by atoms with Crippen molar-refractivity contribution in [2.45, 2.75) is 4.90 Å². The summed E-state index contributed by atoms with van der Waals surface area (Å²) in [6.07, 6.45) is 0. The molecule has 138 valence electrons. The monoisotopic (exact) mass is 378 g/mol. The minimum atomic E-state index is -4.00. The van der Waals surface area contributed by atoms with Gasteiger partial charge in [-0.05, 0) is 30.3 Å². The zero-order valence-corrected chi connectivity index (χ0v) is 15.2. The molecule has 0 atom stereocenters. The molecule has 26 heavy (non-hydrogen) atoms. The number of hydrogen-bond acceptors (Lipinski definition) is 3. The minimum Gasteiger partial charge on any atom is -0.334 e. The number of rotatable bonds is 4. The maximum atomic E-state index is 13.7. The van der Waals surface area contributed by atoms with Crippen LogP contribution < -0.4 is 9.62 Å². The van der Waals surface area contributed by atoms with Gasteiger partial charge in [-0.1, -0.05) is 18.2 Å². The van der Waals surface area contributed by atoms with Gasteiger partial charge in [-0.25, -0.2) is 12.8 Å². The number of quaternary nitrogens is 1. The Morgan fingerprint density at radius 1 is 1.12 bits per heavy atom. The van der Waals surface area contributed by atoms with Crippen LogP contribution in [-0.2, 0) is 10.0 Å². The predicted molar refractivity (Wildman–Crippen MR) is 96.2 cm³/mol. The molecule has 1 aliphatic rings. The van der Waals surface area contributed by atoms with E-state index in [1.54, 1.807) is 11.0 Å². The van der Waals surface area contributed by atoms with E-state index < -0.39 is 15.8 Å². The third kappa shape index (κ3) is 4.03. The number of sulfonamides is 1. The van der Waals surface area contributed by atoms with Crippen molar-refractivity contribution < 1.29 is 22.5 Å². The first-order valence-electron chi connectivity index (χ1n) is 8.35. The molecule has 3 rings (SSSR count). The van der Waals surface area contributed by atoms with Gasteiger partial charge in [0.25, 0.3) is 15.9 Å². The molecule has 1 fully saturated rings. The van der Waals surface area contributed by atoms with Gasteiger partial charge in [-0.15, -0.1) is 0 Å². The summed E-state index contributed by atoms with van der Waals surface area (Å²) in [6, 6.07) is 11.4. The van der Waals surface area contributed by atoms with E-state index >= 15 is 0 Å². The van der Waals surface area contributed by atoms with Crippen molar-refractivity contribution in [2.24, 2.45) is 0 Å². The van der Waals surface area contributed by atoms with Gasteiger partial charge in [0, 0.05) is 5.56 Å². The van der Waals surface area contributed by atoms with E-state index in [1.165, 1.54) is 47.4 Å². The number of piperazine rings is 1. The van der Waals surface area contributed by atoms with Crippen LogP contribution in [0.5, 0.6) is 0 Å². The quantitative estimate of drug-likeness (QED) is 0.819. The number of hydrogen-bond donors (Lipinski definition) is 2. The molecule has 2 aromatic rings. The zero-order chi connectivity index (χ0) is 18.7. The summed E-state index contributed by atoms with van der Waals surface area (Å²) >= 11 is 0. The lowest BCUT2D eigenvalue weighted by molar-refractivity contribution is -0.883. The third-order valence-electron chi connectivity index (χ3n) is 4.41. The summed E-state index contributed by atoms with van der Waals surface area (Å²) in [4.78, 5) is 15.6. The van der Waals surface area contributed by atoms with Gasteiger partial charge in [0.15, 0.2) is 0 Å². The van der Waals surface area contributed by atoms with Crippen molar-refractivity contribution in [1.29, 1.82) is 0 Å². The van der Waals surface area contributed by atoms with E-state index in [0.29, 0.717) is 18.7 Å². The Morgan fingerprint density at radius 3 is 2.50 bits per heavy atom. The Labute approximate surface area is 152 Å². The van der Waals surface area contributed by atoms with Gasteiger partial charge >= 0.3 is 0 Å². The molecule has 0 unspecified atom stereocenters. The highest BCUT2D eigenvalue weighted by molar-refractivity contribution is 7.92. The molecule has 0 saturated carbocycles. The fourth-order valence-electron chi connectivity index (χ4n) is 2.82. The van der Waals surface area contributed by atoms with Crippen molar-refractivity contribution in [2.75, 3.05) is 37.9 Å². The van der Waals surface area contributed by atoms with Crippen molar-refractivity contribution in [1.82, 2.24) is 4.90 Å². The first kappa shape index (κ1) is 18.3. The number of likely N-dealkylation sites (N-methyl/N-ethyl adjacent to an activating group) is 1. The Hall–Kier alpha value is -2.45. The minimum absolute atomic E-state index is 0.0774. The highest BCUT2D eigenvalue weighted by atomic mass is 32.2. The Balaban J connectivity index is 1.82. The molecule has 0 spiro atoms. The Bertz CT molecular complexity index is 909. The van der Waals surface area contributed by atoms with E-state index in [4.69, 9.17) is 0 Å². The third-order valence-corrected chi connectivity index (χ3v) is 5.78. The second kappa shape index (κ2) is 7.43. The van der Waals surface area contributed by atoms with E-state index in [2.05, 4.69) is 11.8 Å². The van der Waals surface area contributed by atoms with Crippen LogP contribution in [0.1, 0.15) is 10.4 Å². The molecule has 8 heteroatoms. The number of carbonyl (C=O) groups excluding carboxylic acids is 1. The second-order valence-corrected chi connectivity index (χ2v) is 8.04. The van der Waals surface area contributed by atoms with Gasteiger partial charge in [0.1, 0.15) is 5.82 Å². The van der Waals surface area contributed by atoms with Crippen LogP contribution in [0.4, 0.5) is 10.1 Å². The van der Waals surface area contributed by atoms with E-state index in [0.717, 1.165) is 13.1 Å². The lowest BCUT2D eigenvalue weighted by Gasteiger charge is -2.30. The number of amides is 1. The van der Waals surface area contributed by atoms with Gasteiger partial charge in [0.2, 0.25) is 0 Å². The average Bonchev–Trinajstić information content (AvgIpc) is 2.64. The number of para-hydroxylation sites is 1. The van der Waals surface area contributed by atoms with E-state index in [1.807, 2.05) is 0 Å². The standard InChI is InChI=1S/C18H20FN3O3S/c1-21-9-11-22(12-10-21)18(23)14-5-4-6-15(13-14)26(24,25)20-17-8-3-2-7-16(17)19/h2-8,13,20H,9-12H2,1H3/p+1. The van der Waals surface area contributed by atoms with E-state index in [9.17, 15) is 17.6 Å². The molecule has 1 saturated heterocycles. The SMILES string of the molecule is C[NH+]1CCN(C(=O)c2cccc(S(=O)(=O)Nc3ccccc3F)c2)CC1. The smallest absolute Gasteiger partial charge is 0.262 e. The second-order valence-electron chi connectivity index (χ2n) is 6.36. The summed E-state index contributed by atoms with van der Waals surface area (Å²) in [6.45, 7) is 2.99. The highest BCUT2D eigenvalue weighted by Crippen LogP contribution is 2.20. The molecular formula is C18H21FN3O3S+. The molecular weight excluding hydrogens is 357 g/mol. The van der Waals surface area contributed by atoms with Crippen molar-refractivity contribution >= 4 is 21.6 Å². The number of halogens is 1. The maximum absolute atomic E-state index is 13.7. The van der Waals surface area contributed by atoms with E-state index in [-0.39, 0.29) is 16.5 Å². The van der Waals surface area contributed by atoms with Crippen molar-refractivity contribution in [3.05, 3.63) is 59.9 Å². The molecule has 1 amide bonds. The topological polar surface area (TPSA) is 70.9 Å². The Kier molecular flexibility index (Phi) is 5.24. The molecule has 2 N–H and O–H groups in total. The zero-order valence-electron chi connectivity index (χ0n) is 14.4. The van der Waals surface area contributed by atoms with Gasteiger partial charge < -0.3 is 9.80 Å². The molecule has 2 aromatic carbocycles. The molecule has 0 aliphatic carbocycles.